The number of methoxy groups -OCH3 is 1. The first-order valence-electron chi connectivity index (χ1n) is 8.91. The lowest BCUT2D eigenvalue weighted by Crippen LogP contribution is -2.07. The van der Waals surface area contributed by atoms with Crippen molar-refractivity contribution in [2.45, 2.75) is 0 Å². The Hall–Kier alpha value is -3.27. The molecule has 4 nitrogen and oxygen atoms in total. The molecule has 0 heterocycles. The van der Waals surface area contributed by atoms with Crippen LogP contribution in [0.2, 0.25) is 5.02 Å². The summed E-state index contributed by atoms with van der Waals surface area (Å²) < 4.78 is 40.0. The van der Waals surface area contributed by atoms with Crippen molar-refractivity contribution in [3.05, 3.63) is 87.9 Å². The maximum Gasteiger partial charge on any atom is 0.193 e. The van der Waals surface area contributed by atoms with Crippen molar-refractivity contribution < 1.29 is 23.0 Å². The van der Waals surface area contributed by atoms with Gasteiger partial charge in [-0.05, 0) is 24.3 Å². The van der Waals surface area contributed by atoms with Crippen molar-refractivity contribution in [3.8, 4) is 22.9 Å². The van der Waals surface area contributed by atoms with Gasteiger partial charge in [-0.2, -0.15) is 5.26 Å². The number of ether oxygens (including phenoxy) is 2. The minimum absolute atomic E-state index is 0.0212. The van der Waals surface area contributed by atoms with E-state index < -0.39 is 22.4 Å². The molecule has 0 saturated heterocycles. The number of carbonyl (C=O) groups excluding carboxylic acids is 1. The van der Waals surface area contributed by atoms with E-state index in [1.54, 1.807) is 30.3 Å². The summed E-state index contributed by atoms with van der Waals surface area (Å²) in [4.78, 5) is 12.8. The molecule has 0 radical (unpaired) electrons. The fourth-order valence-electron chi connectivity index (χ4n) is 2.92. The summed E-state index contributed by atoms with van der Waals surface area (Å²) in [6.45, 7) is 0.304. The Morgan fingerprint density at radius 2 is 1.80 bits per heavy atom. The molecule has 152 valence electrons. The third-order valence-corrected chi connectivity index (χ3v) is 4.75. The first-order chi connectivity index (χ1) is 14.5. The van der Waals surface area contributed by atoms with E-state index in [9.17, 15) is 14.4 Å². The molecule has 3 rings (SSSR count). The summed E-state index contributed by atoms with van der Waals surface area (Å²) in [5.41, 5.74) is -0.103. The SMILES string of the molecule is COCCOc1ccc(C#N)c(-c2cc(C(=O)c3ccccc3)cc(F)c2Cl)c1F. The van der Waals surface area contributed by atoms with Crippen LogP contribution in [0.4, 0.5) is 8.78 Å². The van der Waals surface area contributed by atoms with Gasteiger partial charge in [0.1, 0.15) is 12.4 Å². The van der Waals surface area contributed by atoms with Crippen LogP contribution in [0.25, 0.3) is 11.1 Å². The van der Waals surface area contributed by atoms with E-state index in [1.807, 2.05) is 6.07 Å². The van der Waals surface area contributed by atoms with Gasteiger partial charge in [-0.1, -0.05) is 41.9 Å². The van der Waals surface area contributed by atoms with E-state index in [-0.39, 0.29) is 41.2 Å². The van der Waals surface area contributed by atoms with Gasteiger partial charge in [-0.15, -0.1) is 0 Å². The highest BCUT2D eigenvalue weighted by atomic mass is 35.5. The van der Waals surface area contributed by atoms with Gasteiger partial charge in [-0.3, -0.25) is 4.79 Å². The molecular weight excluding hydrogens is 412 g/mol. The number of hydrogen-bond acceptors (Lipinski definition) is 4. The maximum atomic E-state index is 15.2. The quantitative estimate of drug-likeness (QED) is 0.373. The molecule has 0 aliphatic heterocycles. The average molecular weight is 428 g/mol. The van der Waals surface area contributed by atoms with Crippen molar-refractivity contribution in [1.82, 2.24) is 0 Å². The zero-order valence-corrected chi connectivity index (χ0v) is 16.7. The van der Waals surface area contributed by atoms with Crippen molar-refractivity contribution >= 4 is 17.4 Å². The molecule has 0 saturated carbocycles. The average Bonchev–Trinajstić information content (AvgIpc) is 2.77. The summed E-state index contributed by atoms with van der Waals surface area (Å²) in [5, 5.41) is 9.05. The van der Waals surface area contributed by atoms with Gasteiger partial charge < -0.3 is 9.47 Å². The molecule has 0 aliphatic carbocycles. The summed E-state index contributed by atoms with van der Waals surface area (Å²) in [5.74, 6) is -2.38. The zero-order chi connectivity index (χ0) is 21.7. The number of hydrogen-bond donors (Lipinski definition) is 0. The smallest absolute Gasteiger partial charge is 0.193 e. The highest BCUT2D eigenvalue weighted by Gasteiger charge is 2.23. The van der Waals surface area contributed by atoms with Crippen molar-refractivity contribution in [3.63, 3.8) is 0 Å². The van der Waals surface area contributed by atoms with E-state index in [0.29, 0.717) is 5.56 Å². The molecule has 0 atom stereocenters. The molecule has 0 fully saturated rings. The van der Waals surface area contributed by atoms with Crippen LogP contribution in [0.3, 0.4) is 0 Å². The van der Waals surface area contributed by atoms with Crippen molar-refractivity contribution in [2.24, 2.45) is 0 Å². The lowest BCUT2D eigenvalue weighted by molar-refractivity contribution is 0.103. The third kappa shape index (κ3) is 4.33. The Kier molecular flexibility index (Phi) is 6.78. The van der Waals surface area contributed by atoms with Crippen LogP contribution < -0.4 is 4.74 Å². The Labute approximate surface area is 177 Å². The first-order valence-corrected chi connectivity index (χ1v) is 9.29. The third-order valence-electron chi connectivity index (χ3n) is 4.37. The molecule has 30 heavy (non-hydrogen) atoms. The number of halogens is 3. The van der Waals surface area contributed by atoms with Crippen LogP contribution in [-0.4, -0.2) is 26.1 Å². The lowest BCUT2D eigenvalue weighted by atomic mass is 9.94. The first kappa shape index (κ1) is 21.4. The van der Waals surface area contributed by atoms with Gasteiger partial charge in [-0.25, -0.2) is 8.78 Å². The second kappa shape index (κ2) is 9.49. The van der Waals surface area contributed by atoms with Crippen LogP contribution in [0, 0.1) is 23.0 Å². The number of rotatable bonds is 7. The largest absolute Gasteiger partial charge is 0.488 e. The standard InChI is InChI=1S/C23H16ClF2NO3/c1-29-9-10-30-19-8-7-15(13-27)20(22(19)26)17-11-16(12-18(25)21(17)24)23(28)14-5-3-2-4-6-14/h2-8,11-12H,9-10H2,1H3. The van der Waals surface area contributed by atoms with Gasteiger partial charge >= 0.3 is 0 Å². The molecule has 0 aliphatic rings. The zero-order valence-electron chi connectivity index (χ0n) is 15.9. The van der Waals surface area contributed by atoms with E-state index in [4.69, 9.17) is 21.1 Å². The second-order valence-electron chi connectivity index (χ2n) is 6.27. The van der Waals surface area contributed by atoms with E-state index >= 15 is 4.39 Å². The number of carbonyl (C=O) groups is 1. The van der Waals surface area contributed by atoms with Gasteiger partial charge in [0.25, 0.3) is 0 Å². The predicted octanol–water partition coefficient (Wildman–Crippen LogP) is 5.41. The fourth-order valence-corrected chi connectivity index (χ4v) is 3.12. The Bertz CT molecular complexity index is 1130. The number of benzene rings is 3. The van der Waals surface area contributed by atoms with Crippen LogP contribution >= 0.6 is 11.6 Å². The molecule has 3 aromatic carbocycles. The topological polar surface area (TPSA) is 59.3 Å². The Balaban J connectivity index is 2.15. The minimum atomic E-state index is -0.901. The highest BCUT2D eigenvalue weighted by Crippen LogP contribution is 2.38. The van der Waals surface area contributed by atoms with Crippen LogP contribution in [0.5, 0.6) is 5.75 Å². The Morgan fingerprint density at radius 1 is 1.07 bits per heavy atom. The molecule has 0 spiro atoms. The summed E-state index contributed by atoms with van der Waals surface area (Å²) in [6.07, 6.45) is 0. The van der Waals surface area contributed by atoms with Crippen LogP contribution in [0.15, 0.2) is 54.6 Å². The van der Waals surface area contributed by atoms with E-state index in [1.165, 1.54) is 25.3 Å². The van der Waals surface area contributed by atoms with Gasteiger partial charge in [0.2, 0.25) is 0 Å². The molecule has 0 bridgehead atoms. The predicted molar refractivity (Wildman–Crippen MR) is 109 cm³/mol. The molecule has 3 aromatic rings. The minimum Gasteiger partial charge on any atom is -0.488 e. The van der Waals surface area contributed by atoms with Gasteiger partial charge in [0.05, 0.1) is 23.3 Å². The molecule has 0 amide bonds. The molecule has 0 aromatic heterocycles. The molecular formula is C23H16ClF2NO3. The monoisotopic (exact) mass is 427 g/mol. The van der Waals surface area contributed by atoms with Crippen LogP contribution in [0.1, 0.15) is 21.5 Å². The second-order valence-corrected chi connectivity index (χ2v) is 6.65. The summed E-state index contributed by atoms with van der Waals surface area (Å²) >= 11 is 6.11. The van der Waals surface area contributed by atoms with E-state index in [2.05, 4.69) is 0 Å². The Morgan fingerprint density at radius 3 is 2.47 bits per heavy atom. The van der Waals surface area contributed by atoms with Gasteiger partial charge in [0, 0.05) is 29.4 Å². The van der Waals surface area contributed by atoms with Crippen molar-refractivity contribution in [2.75, 3.05) is 20.3 Å². The number of nitriles is 1. The molecule has 7 heteroatoms. The lowest BCUT2D eigenvalue weighted by Gasteiger charge is -2.14. The number of ketones is 1. The summed E-state index contributed by atoms with van der Waals surface area (Å²) in [7, 11) is 1.47. The van der Waals surface area contributed by atoms with Gasteiger partial charge in [0.15, 0.2) is 17.3 Å². The molecule has 0 N–H and O–H groups in total. The normalized spacial score (nSPS) is 10.5. The molecule has 0 unspecified atom stereocenters. The van der Waals surface area contributed by atoms with E-state index in [0.717, 1.165) is 6.07 Å². The summed E-state index contributed by atoms with van der Waals surface area (Å²) in [6, 6.07) is 15.0. The van der Waals surface area contributed by atoms with Crippen LogP contribution in [-0.2, 0) is 4.74 Å². The van der Waals surface area contributed by atoms with Crippen molar-refractivity contribution in [1.29, 1.82) is 5.26 Å². The fraction of sp³-hybridized carbons (Fsp3) is 0.130. The highest BCUT2D eigenvalue weighted by molar-refractivity contribution is 6.34. The maximum absolute atomic E-state index is 15.2. The number of nitrogens with zero attached hydrogens (tertiary/aromatic N) is 1.